The van der Waals surface area contributed by atoms with Gasteiger partial charge in [0.1, 0.15) is 5.82 Å². The van der Waals surface area contributed by atoms with Gasteiger partial charge in [0.05, 0.1) is 0 Å². The smallest absolute Gasteiger partial charge is 0.385 e. The molecule has 0 aliphatic rings. The molecule has 0 fully saturated rings. The van der Waals surface area contributed by atoms with Crippen LogP contribution in [0.25, 0.3) is 10.8 Å². The van der Waals surface area contributed by atoms with E-state index in [1.807, 2.05) is 0 Å². The SMILES string of the molecule is Nc1[nH]c(N=NC(=O)C(F)(F)F)c2ccccc12. The Morgan fingerprint density at radius 2 is 1.83 bits per heavy atom. The standard InChI is InChI=1S/C10H7F3N4O/c11-10(12,13)9(18)17-16-8-6-4-2-1-3-5(6)7(14)15-8/h1-4,15H,14H2. The summed E-state index contributed by atoms with van der Waals surface area (Å²) in [5, 5.41) is 6.94. The molecule has 0 radical (unpaired) electrons. The summed E-state index contributed by atoms with van der Waals surface area (Å²) in [5.74, 6) is -2.00. The molecule has 0 saturated heterocycles. The van der Waals surface area contributed by atoms with Crippen LogP contribution in [0.4, 0.5) is 24.8 Å². The van der Waals surface area contributed by atoms with E-state index in [9.17, 15) is 18.0 Å². The number of nitrogens with zero attached hydrogens (tertiary/aromatic N) is 2. The summed E-state index contributed by atoms with van der Waals surface area (Å²) in [4.78, 5) is 13.1. The van der Waals surface area contributed by atoms with Crippen molar-refractivity contribution in [2.24, 2.45) is 10.2 Å². The minimum absolute atomic E-state index is 0.0145. The molecule has 94 valence electrons. The molecule has 8 heteroatoms. The molecule has 0 aliphatic carbocycles. The monoisotopic (exact) mass is 256 g/mol. The molecule has 0 spiro atoms. The molecular formula is C10H7F3N4O. The molecule has 3 N–H and O–H groups in total. The fourth-order valence-corrected chi connectivity index (χ4v) is 1.42. The Morgan fingerprint density at radius 3 is 2.44 bits per heavy atom. The second-order valence-electron chi connectivity index (χ2n) is 3.44. The third kappa shape index (κ3) is 2.17. The Morgan fingerprint density at radius 1 is 1.22 bits per heavy atom. The van der Waals surface area contributed by atoms with Gasteiger partial charge in [-0.15, -0.1) is 10.2 Å². The fourth-order valence-electron chi connectivity index (χ4n) is 1.42. The Hall–Kier alpha value is -2.38. The molecule has 18 heavy (non-hydrogen) atoms. The van der Waals surface area contributed by atoms with E-state index in [2.05, 4.69) is 15.2 Å². The van der Waals surface area contributed by atoms with Crippen LogP contribution in [-0.2, 0) is 4.79 Å². The van der Waals surface area contributed by atoms with Gasteiger partial charge in [-0.05, 0) is 0 Å². The summed E-state index contributed by atoms with van der Waals surface area (Å²) < 4.78 is 35.8. The number of alkyl halides is 3. The van der Waals surface area contributed by atoms with E-state index in [0.717, 1.165) is 0 Å². The number of hydrogen-bond donors (Lipinski definition) is 2. The highest BCUT2D eigenvalue weighted by atomic mass is 19.4. The molecule has 1 aromatic carbocycles. The first-order chi connectivity index (χ1) is 8.39. The third-order valence-electron chi connectivity index (χ3n) is 2.21. The second kappa shape index (κ2) is 4.13. The highest BCUT2D eigenvalue weighted by Crippen LogP contribution is 2.30. The molecule has 2 rings (SSSR count). The molecule has 1 amide bonds. The number of halogens is 3. The number of fused-ring (bicyclic) bond motifs is 1. The van der Waals surface area contributed by atoms with Crippen molar-refractivity contribution in [3.05, 3.63) is 24.3 Å². The van der Waals surface area contributed by atoms with Crippen LogP contribution in [0.2, 0.25) is 0 Å². The molecule has 0 unspecified atom stereocenters. The van der Waals surface area contributed by atoms with Gasteiger partial charge in [-0.1, -0.05) is 24.3 Å². The molecule has 0 saturated carbocycles. The largest absolute Gasteiger partial charge is 0.475 e. The molecule has 0 atom stereocenters. The molecule has 1 heterocycles. The summed E-state index contributed by atoms with van der Waals surface area (Å²) in [6.45, 7) is 0. The van der Waals surface area contributed by atoms with Crippen molar-refractivity contribution in [2.75, 3.05) is 5.73 Å². The lowest BCUT2D eigenvalue weighted by atomic mass is 10.2. The Labute approximate surface area is 98.5 Å². The second-order valence-corrected chi connectivity index (χ2v) is 3.44. The number of carbonyl (C=O) groups is 1. The highest BCUT2D eigenvalue weighted by molar-refractivity contribution is 5.99. The Balaban J connectivity index is 2.39. The fraction of sp³-hybridized carbons (Fsp3) is 0.100. The molecule has 5 nitrogen and oxygen atoms in total. The maximum atomic E-state index is 11.9. The van der Waals surface area contributed by atoms with Crippen molar-refractivity contribution in [1.82, 2.24) is 4.98 Å². The first-order valence-electron chi connectivity index (χ1n) is 4.78. The van der Waals surface area contributed by atoms with Crippen molar-refractivity contribution in [3.8, 4) is 0 Å². The van der Waals surface area contributed by atoms with Crippen molar-refractivity contribution < 1.29 is 18.0 Å². The number of aromatic nitrogens is 1. The number of H-pyrrole nitrogens is 1. The lowest BCUT2D eigenvalue weighted by Gasteiger charge is -1.97. The number of nitrogens with two attached hydrogens (primary N) is 1. The van der Waals surface area contributed by atoms with E-state index in [-0.39, 0.29) is 11.6 Å². The van der Waals surface area contributed by atoms with Crippen molar-refractivity contribution in [1.29, 1.82) is 0 Å². The van der Waals surface area contributed by atoms with Gasteiger partial charge in [-0.2, -0.15) is 13.2 Å². The maximum Gasteiger partial charge on any atom is 0.475 e. The predicted octanol–water partition coefficient (Wildman–Crippen LogP) is 2.92. The number of carbonyl (C=O) groups excluding carboxylic acids is 1. The number of nitrogen functional groups attached to an aromatic ring is 1. The molecule has 0 aliphatic heterocycles. The molecular weight excluding hydrogens is 249 g/mol. The van der Waals surface area contributed by atoms with Gasteiger partial charge >= 0.3 is 12.1 Å². The van der Waals surface area contributed by atoms with Crippen molar-refractivity contribution >= 4 is 28.3 Å². The third-order valence-corrected chi connectivity index (χ3v) is 2.21. The van der Waals surface area contributed by atoms with Crippen molar-refractivity contribution in [2.45, 2.75) is 6.18 Å². The van der Waals surface area contributed by atoms with Gasteiger partial charge in [-0.25, -0.2) is 0 Å². The minimum atomic E-state index is -5.03. The topological polar surface area (TPSA) is 83.6 Å². The van der Waals surface area contributed by atoms with Crippen LogP contribution in [0.1, 0.15) is 0 Å². The summed E-state index contributed by atoms with van der Waals surface area (Å²) in [6.07, 6.45) is -5.03. The van der Waals surface area contributed by atoms with E-state index >= 15 is 0 Å². The zero-order valence-electron chi connectivity index (χ0n) is 8.82. The number of aromatic amines is 1. The Kier molecular flexibility index (Phi) is 2.77. The lowest BCUT2D eigenvalue weighted by molar-refractivity contribution is -0.170. The first kappa shape index (κ1) is 12.1. The summed E-state index contributed by atoms with van der Waals surface area (Å²) >= 11 is 0. The minimum Gasteiger partial charge on any atom is -0.385 e. The van der Waals surface area contributed by atoms with Gasteiger partial charge in [-0.3, -0.25) is 4.79 Å². The number of hydrogen-bond acceptors (Lipinski definition) is 3. The van der Waals surface area contributed by atoms with Crippen LogP contribution in [0.5, 0.6) is 0 Å². The summed E-state index contributed by atoms with van der Waals surface area (Å²) in [7, 11) is 0. The number of benzene rings is 1. The predicted molar refractivity (Wildman–Crippen MR) is 58.3 cm³/mol. The van der Waals surface area contributed by atoms with Crippen LogP contribution in [-0.4, -0.2) is 17.1 Å². The highest BCUT2D eigenvalue weighted by Gasteiger charge is 2.39. The summed E-state index contributed by atoms with van der Waals surface area (Å²) in [6, 6.07) is 6.66. The quantitative estimate of drug-likeness (QED) is 0.769. The molecule has 2 aromatic rings. The Bertz CT molecular complexity index is 630. The molecule has 1 aromatic heterocycles. The zero-order chi connectivity index (χ0) is 13.3. The van der Waals surface area contributed by atoms with Gasteiger partial charge in [0.15, 0.2) is 5.82 Å². The number of nitrogens with one attached hydrogen (secondary N) is 1. The number of azo groups is 1. The van der Waals surface area contributed by atoms with Gasteiger partial charge in [0, 0.05) is 10.8 Å². The number of anilines is 1. The average molecular weight is 256 g/mol. The normalized spacial score (nSPS) is 12.4. The number of rotatable bonds is 1. The van der Waals surface area contributed by atoms with Gasteiger partial charge < -0.3 is 10.7 Å². The summed E-state index contributed by atoms with van der Waals surface area (Å²) in [5.41, 5.74) is 5.60. The zero-order valence-corrected chi connectivity index (χ0v) is 8.82. The average Bonchev–Trinajstić information content (AvgIpc) is 2.63. The van der Waals surface area contributed by atoms with Crippen molar-refractivity contribution in [3.63, 3.8) is 0 Å². The lowest BCUT2D eigenvalue weighted by Crippen LogP contribution is -2.19. The van der Waals surface area contributed by atoms with Crippen LogP contribution >= 0.6 is 0 Å². The first-order valence-corrected chi connectivity index (χ1v) is 4.78. The number of amides is 1. The molecule has 0 bridgehead atoms. The van der Waals surface area contributed by atoms with E-state index in [0.29, 0.717) is 10.8 Å². The van der Waals surface area contributed by atoms with Crippen LogP contribution < -0.4 is 5.73 Å². The van der Waals surface area contributed by atoms with Crippen LogP contribution in [0.3, 0.4) is 0 Å². The van der Waals surface area contributed by atoms with Crippen LogP contribution in [0.15, 0.2) is 34.5 Å². The van der Waals surface area contributed by atoms with Gasteiger partial charge in [0.2, 0.25) is 0 Å². The van der Waals surface area contributed by atoms with E-state index < -0.39 is 12.1 Å². The maximum absolute atomic E-state index is 11.9. The van der Waals surface area contributed by atoms with E-state index in [1.165, 1.54) is 0 Å². The van der Waals surface area contributed by atoms with E-state index in [4.69, 9.17) is 5.73 Å². The van der Waals surface area contributed by atoms with Gasteiger partial charge in [0.25, 0.3) is 0 Å². The van der Waals surface area contributed by atoms with Crippen LogP contribution in [0, 0.1) is 0 Å². The van der Waals surface area contributed by atoms with E-state index in [1.54, 1.807) is 24.3 Å².